The van der Waals surface area contributed by atoms with Crippen LogP contribution in [-0.4, -0.2) is 19.1 Å². The van der Waals surface area contributed by atoms with Gasteiger partial charge in [-0.15, -0.1) is 0 Å². The minimum absolute atomic E-state index is 0.242. The first-order chi connectivity index (χ1) is 9.04. The van der Waals surface area contributed by atoms with Gasteiger partial charge in [0.2, 0.25) is 0 Å². The van der Waals surface area contributed by atoms with E-state index in [1.54, 1.807) is 12.1 Å². The second-order valence-electron chi connectivity index (χ2n) is 5.05. The average molecular weight is 326 g/mol. The van der Waals surface area contributed by atoms with Crippen LogP contribution in [0.3, 0.4) is 0 Å². The van der Waals surface area contributed by atoms with Crippen LogP contribution < -0.4 is 10.6 Å². The van der Waals surface area contributed by atoms with Gasteiger partial charge < -0.3 is 10.6 Å². The molecule has 1 aliphatic carbocycles. The van der Waals surface area contributed by atoms with Crippen molar-refractivity contribution in [1.29, 1.82) is 5.26 Å². The molecule has 1 aromatic rings. The van der Waals surface area contributed by atoms with E-state index in [0.717, 1.165) is 25.7 Å². The maximum atomic E-state index is 14.3. The minimum atomic E-state index is -0.364. The molecule has 0 atom stereocenters. The van der Waals surface area contributed by atoms with Crippen LogP contribution in [0.25, 0.3) is 0 Å². The van der Waals surface area contributed by atoms with Crippen molar-refractivity contribution in [2.45, 2.75) is 37.8 Å². The second kappa shape index (κ2) is 5.89. The molecule has 1 fully saturated rings. The smallest absolute Gasteiger partial charge is 0.161 e. The second-order valence-corrected chi connectivity index (χ2v) is 5.84. The van der Waals surface area contributed by atoms with Crippen molar-refractivity contribution in [3.05, 3.63) is 28.0 Å². The SMILES string of the molecule is CN(c1ccc(C#N)c(Br)c1F)C1CCC(N)CC1. The maximum absolute atomic E-state index is 14.3. The van der Waals surface area contributed by atoms with Gasteiger partial charge in [0, 0.05) is 19.1 Å². The molecule has 0 spiro atoms. The molecular formula is C14H17BrFN3. The van der Waals surface area contributed by atoms with Crippen molar-refractivity contribution in [3.63, 3.8) is 0 Å². The maximum Gasteiger partial charge on any atom is 0.161 e. The number of nitriles is 1. The van der Waals surface area contributed by atoms with Crippen LogP contribution in [0.1, 0.15) is 31.2 Å². The molecule has 0 heterocycles. The first-order valence-electron chi connectivity index (χ1n) is 6.41. The van der Waals surface area contributed by atoms with E-state index in [-0.39, 0.29) is 16.3 Å². The molecule has 3 nitrogen and oxygen atoms in total. The van der Waals surface area contributed by atoms with E-state index >= 15 is 0 Å². The average Bonchev–Trinajstić information content (AvgIpc) is 2.42. The fourth-order valence-corrected chi connectivity index (χ4v) is 3.01. The van der Waals surface area contributed by atoms with Crippen LogP contribution in [-0.2, 0) is 0 Å². The molecule has 0 unspecified atom stereocenters. The van der Waals surface area contributed by atoms with E-state index in [2.05, 4.69) is 15.9 Å². The lowest BCUT2D eigenvalue weighted by Gasteiger charge is -2.35. The molecule has 0 radical (unpaired) electrons. The number of halogens is 2. The van der Waals surface area contributed by atoms with Gasteiger partial charge in [0.1, 0.15) is 6.07 Å². The van der Waals surface area contributed by atoms with Gasteiger partial charge in [0.25, 0.3) is 0 Å². The van der Waals surface area contributed by atoms with Gasteiger partial charge in [-0.3, -0.25) is 0 Å². The van der Waals surface area contributed by atoms with Crippen LogP contribution in [0.15, 0.2) is 16.6 Å². The van der Waals surface area contributed by atoms with Crippen LogP contribution in [0.4, 0.5) is 10.1 Å². The molecule has 1 saturated carbocycles. The van der Waals surface area contributed by atoms with Crippen LogP contribution in [0.5, 0.6) is 0 Å². The van der Waals surface area contributed by atoms with Crippen molar-refractivity contribution in [2.75, 3.05) is 11.9 Å². The van der Waals surface area contributed by atoms with Gasteiger partial charge in [0.05, 0.1) is 15.7 Å². The predicted octanol–water partition coefficient (Wildman–Crippen LogP) is 3.17. The summed E-state index contributed by atoms with van der Waals surface area (Å²) < 4.78 is 14.5. The zero-order chi connectivity index (χ0) is 14.0. The third-order valence-corrected chi connectivity index (χ3v) is 4.63. The monoisotopic (exact) mass is 325 g/mol. The summed E-state index contributed by atoms with van der Waals surface area (Å²) >= 11 is 3.15. The Labute approximate surface area is 121 Å². The van der Waals surface area contributed by atoms with E-state index in [1.165, 1.54) is 0 Å². The molecule has 5 heteroatoms. The molecule has 102 valence electrons. The quantitative estimate of drug-likeness (QED) is 0.908. The highest BCUT2D eigenvalue weighted by Gasteiger charge is 2.24. The number of rotatable bonds is 2. The van der Waals surface area contributed by atoms with Crippen molar-refractivity contribution in [2.24, 2.45) is 5.73 Å². The fraction of sp³-hybridized carbons (Fsp3) is 0.500. The Balaban J connectivity index is 2.22. The Morgan fingerprint density at radius 3 is 2.58 bits per heavy atom. The van der Waals surface area contributed by atoms with Gasteiger partial charge in [-0.25, -0.2) is 4.39 Å². The summed E-state index contributed by atoms with van der Waals surface area (Å²) in [6.07, 6.45) is 3.92. The standard InChI is InChI=1S/C14H17BrFN3/c1-19(11-5-3-10(18)4-6-11)12-7-2-9(8-17)13(15)14(12)16/h2,7,10-11H,3-6,18H2,1H3. The summed E-state index contributed by atoms with van der Waals surface area (Å²) in [5, 5.41) is 8.88. The third-order valence-electron chi connectivity index (χ3n) is 3.85. The van der Waals surface area contributed by atoms with Crippen LogP contribution >= 0.6 is 15.9 Å². The fourth-order valence-electron chi connectivity index (χ4n) is 2.58. The third kappa shape index (κ3) is 2.90. The Kier molecular flexibility index (Phi) is 4.43. The lowest BCUT2D eigenvalue weighted by molar-refractivity contribution is 0.383. The number of hydrogen-bond donors (Lipinski definition) is 1. The molecule has 1 aromatic carbocycles. The molecule has 19 heavy (non-hydrogen) atoms. The first kappa shape index (κ1) is 14.3. The van der Waals surface area contributed by atoms with E-state index in [1.807, 2.05) is 18.0 Å². The van der Waals surface area contributed by atoms with E-state index < -0.39 is 0 Å². The Hall–Kier alpha value is -1.12. The molecule has 0 aliphatic heterocycles. The molecular weight excluding hydrogens is 309 g/mol. The molecule has 0 bridgehead atoms. The van der Waals surface area contributed by atoms with Gasteiger partial charge in [-0.05, 0) is 53.7 Å². The topological polar surface area (TPSA) is 53.0 Å². The summed E-state index contributed by atoms with van der Waals surface area (Å²) in [7, 11) is 1.90. The number of nitrogens with zero attached hydrogens (tertiary/aromatic N) is 2. The normalized spacial score (nSPS) is 22.9. The summed E-state index contributed by atoms with van der Waals surface area (Å²) in [5.41, 5.74) is 6.74. The van der Waals surface area contributed by atoms with Gasteiger partial charge in [-0.1, -0.05) is 0 Å². The summed E-state index contributed by atoms with van der Waals surface area (Å²) in [6.45, 7) is 0. The molecule has 0 aromatic heterocycles. The summed E-state index contributed by atoms with van der Waals surface area (Å²) in [6, 6.07) is 5.88. The summed E-state index contributed by atoms with van der Waals surface area (Å²) in [4.78, 5) is 1.97. The lowest BCUT2D eigenvalue weighted by atomic mass is 9.90. The Morgan fingerprint density at radius 2 is 2.00 bits per heavy atom. The number of anilines is 1. The highest BCUT2D eigenvalue weighted by Crippen LogP contribution is 2.32. The molecule has 2 N–H and O–H groups in total. The van der Waals surface area contributed by atoms with Crippen LogP contribution in [0.2, 0.25) is 0 Å². The summed E-state index contributed by atoms with van der Waals surface area (Å²) in [5.74, 6) is -0.364. The minimum Gasteiger partial charge on any atom is -0.369 e. The highest BCUT2D eigenvalue weighted by atomic mass is 79.9. The van der Waals surface area contributed by atoms with Gasteiger partial charge in [-0.2, -0.15) is 5.26 Å². The van der Waals surface area contributed by atoms with Crippen molar-refractivity contribution < 1.29 is 4.39 Å². The van der Waals surface area contributed by atoms with Crippen molar-refractivity contribution in [3.8, 4) is 6.07 Å². The molecule has 1 aliphatic rings. The number of nitrogens with two attached hydrogens (primary N) is 1. The largest absolute Gasteiger partial charge is 0.369 e. The molecule has 2 rings (SSSR count). The predicted molar refractivity (Wildman–Crippen MR) is 77.4 cm³/mol. The number of benzene rings is 1. The first-order valence-corrected chi connectivity index (χ1v) is 7.20. The van der Waals surface area contributed by atoms with Crippen molar-refractivity contribution in [1.82, 2.24) is 0 Å². The lowest BCUT2D eigenvalue weighted by Crippen LogP contribution is -2.39. The highest BCUT2D eigenvalue weighted by molar-refractivity contribution is 9.10. The zero-order valence-corrected chi connectivity index (χ0v) is 12.5. The van der Waals surface area contributed by atoms with E-state index in [4.69, 9.17) is 11.0 Å². The van der Waals surface area contributed by atoms with E-state index in [0.29, 0.717) is 17.3 Å². The van der Waals surface area contributed by atoms with Gasteiger partial charge in [0.15, 0.2) is 5.82 Å². The molecule has 0 amide bonds. The van der Waals surface area contributed by atoms with Crippen LogP contribution in [0, 0.1) is 17.1 Å². The number of hydrogen-bond acceptors (Lipinski definition) is 3. The van der Waals surface area contributed by atoms with Gasteiger partial charge >= 0.3 is 0 Å². The van der Waals surface area contributed by atoms with Crippen molar-refractivity contribution >= 4 is 21.6 Å². The Morgan fingerprint density at radius 1 is 1.37 bits per heavy atom. The Bertz CT molecular complexity index is 504. The molecule has 0 saturated heterocycles. The van der Waals surface area contributed by atoms with E-state index in [9.17, 15) is 4.39 Å². The zero-order valence-electron chi connectivity index (χ0n) is 10.9.